The average molecular weight is 836 g/mol. The molecule has 0 aliphatic carbocycles. The molecular weight excluding hydrogens is 783 g/mol. The second-order valence-corrected chi connectivity index (χ2v) is 16.3. The summed E-state index contributed by atoms with van der Waals surface area (Å²) in [6.07, 6.45) is 8.06. The number of hydrogen-bond acceptors (Lipinski definition) is 6. The number of benzene rings is 4. The molecule has 0 saturated carbocycles. The molecule has 2 aliphatic rings. The van der Waals surface area contributed by atoms with Crippen molar-refractivity contribution in [2.75, 3.05) is 59.4 Å². The van der Waals surface area contributed by atoms with E-state index < -0.39 is 0 Å². The van der Waals surface area contributed by atoms with Crippen LogP contribution in [0.25, 0.3) is 56.1 Å². The van der Waals surface area contributed by atoms with Crippen LogP contribution in [0.3, 0.4) is 0 Å². The molecule has 0 bridgehead atoms. The van der Waals surface area contributed by atoms with Crippen LogP contribution >= 0.6 is 0 Å². The molecule has 0 radical (unpaired) electrons. The molecule has 2 fully saturated rings. The lowest BCUT2D eigenvalue weighted by molar-refractivity contribution is -0.130. The molecule has 0 spiro atoms. The Morgan fingerprint density at radius 2 is 0.905 bits per heavy atom. The van der Waals surface area contributed by atoms with Crippen LogP contribution in [0.4, 0.5) is 4.79 Å². The third-order valence-corrected chi connectivity index (χ3v) is 12.2. The molecule has 11 heteroatoms. The highest BCUT2D eigenvalue weighted by Crippen LogP contribution is 2.28. The molecule has 0 atom stereocenters. The van der Waals surface area contributed by atoms with Crippen molar-refractivity contribution in [3.8, 4) is 44.8 Å². The fourth-order valence-corrected chi connectivity index (χ4v) is 8.58. The number of carbonyl (C=O) groups is 2. The fourth-order valence-electron chi connectivity index (χ4n) is 8.58. The largest absolute Gasteiger partial charge is 0.341 e. The zero-order valence-corrected chi connectivity index (χ0v) is 36.0. The van der Waals surface area contributed by atoms with E-state index in [0.717, 1.165) is 105 Å². The van der Waals surface area contributed by atoms with E-state index in [1.807, 2.05) is 58.6 Å². The average Bonchev–Trinajstić information content (AvgIpc) is 3.97. The summed E-state index contributed by atoms with van der Waals surface area (Å²) >= 11 is 0. The van der Waals surface area contributed by atoms with Gasteiger partial charge in [0.15, 0.2) is 0 Å². The number of hydrogen-bond donors (Lipinski definition) is 1. The van der Waals surface area contributed by atoms with E-state index in [2.05, 4.69) is 143 Å². The van der Waals surface area contributed by atoms with Gasteiger partial charge in [-0.3, -0.25) is 23.4 Å². The van der Waals surface area contributed by atoms with Gasteiger partial charge in [-0.25, -0.2) is 14.8 Å². The van der Waals surface area contributed by atoms with Crippen LogP contribution in [0.15, 0.2) is 158 Å². The van der Waals surface area contributed by atoms with Gasteiger partial charge in [0, 0.05) is 103 Å². The molecule has 318 valence electrons. The SMILES string of the molecule is CC(=O)N1CCN(Cc2ccc(-c3ccn4c(-c5ccccc5)cnc4c3)cc2)CC1.CNC(=O)N1CCN(Cc2ccc(-c3ccn4c(-c5ccccc5)cnc4c3)cc2)CC1. The summed E-state index contributed by atoms with van der Waals surface area (Å²) in [5.74, 6) is 0.175. The van der Waals surface area contributed by atoms with Gasteiger partial charge in [-0.1, -0.05) is 109 Å². The summed E-state index contributed by atoms with van der Waals surface area (Å²) in [5.41, 5.74) is 13.7. The van der Waals surface area contributed by atoms with E-state index in [9.17, 15) is 9.59 Å². The first-order valence-electron chi connectivity index (χ1n) is 21.8. The van der Waals surface area contributed by atoms with Gasteiger partial charge in [0.05, 0.1) is 23.8 Å². The van der Waals surface area contributed by atoms with Crippen LogP contribution in [0, 0.1) is 0 Å². The lowest BCUT2D eigenvalue weighted by Crippen LogP contribution is -2.50. The molecule has 2 aliphatic heterocycles. The number of amides is 3. The molecule has 63 heavy (non-hydrogen) atoms. The topological polar surface area (TPSA) is 93.7 Å². The van der Waals surface area contributed by atoms with Crippen molar-refractivity contribution in [2.45, 2.75) is 20.0 Å². The van der Waals surface area contributed by atoms with E-state index >= 15 is 0 Å². The number of fused-ring (bicyclic) bond motifs is 2. The summed E-state index contributed by atoms with van der Waals surface area (Å²) in [7, 11) is 1.68. The Hall–Kier alpha value is -7.08. The fraction of sp³-hybridized carbons (Fsp3) is 0.231. The highest BCUT2D eigenvalue weighted by molar-refractivity contribution is 5.75. The smallest absolute Gasteiger partial charge is 0.317 e. The Kier molecular flexibility index (Phi) is 12.4. The molecule has 1 N–H and O–H groups in total. The number of imidazole rings is 2. The van der Waals surface area contributed by atoms with E-state index in [1.165, 1.54) is 27.8 Å². The van der Waals surface area contributed by atoms with Crippen LogP contribution < -0.4 is 5.32 Å². The van der Waals surface area contributed by atoms with Gasteiger partial charge in [-0.05, 0) is 57.6 Å². The third kappa shape index (κ3) is 9.55. The lowest BCUT2D eigenvalue weighted by atomic mass is 10.0. The predicted molar refractivity (Wildman–Crippen MR) is 251 cm³/mol. The molecular formula is C52H53N9O2. The summed E-state index contributed by atoms with van der Waals surface area (Å²) in [6, 6.07) is 46.8. The maximum absolute atomic E-state index is 11.7. The minimum absolute atomic E-state index is 0.0133. The number of nitrogens with zero attached hydrogens (tertiary/aromatic N) is 8. The molecule has 11 nitrogen and oxygen atoms in total. The quantitative estimate of drug-likeness (QED) is 0.165. The maximum Gasteiger partial charge on any atom is 0.317 e. The molecule has 6 heterocycles. The van der Waals surface area contributed by atoms with Gasteiger partial charge in [0.1, 0.15) is 11.3 Å². The zero-order chi connectivity index (χ0) is 43.1. The van der Waals surface area contributed by atoms with Crippen molar-refractivity contribution in [3.05, 3.63) is 169 Å². The van der Waals surface area contributed by atoms with Gasteiger partial charge in [-0.2, -0.15) is 0 Å². The van der Waals surface area contributed by atoms with E-state index in [4.69, 9.17) is 0 Å². The number of carbonyl (C=O) groups excluding carboxylic acids is 2. The summed E-state index contributed by atoms with van der Waals surface area (Å²) in [4.78, 5) is 41.1. The zero-order valence-electron chi connectivity index (χ0n) is 36.0. The number of pyridine rings is 2. The second kappa shape index (κ2) is 18.9. The van der Waals surface area contributed by atoms with E-state index in [-0.39, 0.29) is 11.9 Å². The van der Waals surface area contributed by atoms with Crippen LogP contribution in [-0.2, 0) is 17.9 Å². The molecule has 8 aromatic rings. The Morgan fingerprint density at radius 3 is 1.30 bits per heavy atom. The van der Waals surface area contributed by atoms with E-state index in [0.29, 0.717) is 0 Å². The number of piperazine rings is 2. The normalized spacial score (nSPS) is 14.7. The highest BCUT2D eigenvalue weighted by Gasteiger charge is 2.21. The van der Waals surface area contributed by atoms with Crippen LogP contribution in [0.5, 0.6) is 0 Å². The third-order valence-electron chi connectivity index (χ3n) is 12.2. The Morgan fingerprint density at radius 1 is 0.492 bits per heavy atom. The molecule has 4 aromatic heterocycles. The van der Waals surface area contributed by atoms with E-state index in [1.54, 1.807) is 14.0 Å². The Balaban J connectivity index is 0.000000160. The van der Waals surface area contributed by atoms with Crippen LogP contribution in [0.1, 0.15) is 18.1 Å². The number of rotatable bonds is 8. The van der Waals surface area contributed by atoms with Gasteiger partial charge >= 0.3 is 6.03 Å². The molecule has 2 saturated heterocycles. The van der Waals surface area contributed by atoms with Gasteiger partial charge < -0.3 is 15.1 Å². The molecule has 10 rings (SSSR count). The molecule has 4 aromatic carbocycles. The van der Waals surface area contributed by atoms with Crippen molar-refractivity contribution >= 4 is 23.2 Å². The summed E-state index contributed by atoms with van der Waals surface area (Å²) in [6.45, 7) is 10.3. The van der Waals surface area contributed by atoms with Crippen molar-refractivity contribution in [1.29, 1.82) is 0 Å². The standard InChI is InChI=1S/C26H27N5O.C26H26N4O/c1-27-26(32)30-15-13-29(14-16-30)19-20-7-9-21(10-8-20)23-11-12-31-24(18-28-25(31)17-23)22-5-3-2-4-6-22;1-20(31)29-15-13-28(14-16-29)19-21-7-9-22(10-8-21)24-11-12-30-25(18-27-26(30)17-24)23-5-3-2-4-6-23/h2-12,17-18H,13-16,19H2,1H3,(H,27,32);2-12,17-18H,13-16,19H2,1H3. The monoisotopic (exact) mass is 835 g/mol. The number of urea groups is 1. The minimum atomic E-state index is 0.0133. The first-order chi connectivity index (χ1) is 30.9. The number of aromatic nitrogens is 4. The molecule has 0 unspecified atom stereocenters. The highest BCUT2D eigenvalue weighted by atomic mass is 16.2. The first kappa shape index (κ1) is 41.3. The second-order valence-electron chi connectivity index (χ2n) is 16.3. The van der Waals surface area contributed by atoms with Gasteiger partial charge in [-0.15, -0.1) is 0 Å². The van der Waals surface area contributed by atoms with Crippen LogP contribution in [0.2, 0.25) is 0 Å². The van der Waals surface area contributed by atoms with Crippen molar-refractivity contribution in [2.24, 2.45) is 0 Å². The Labute approximate surface area is 368 Å². The Bertz CT molecular complexity index is 2790. The first-order valence-corrected chi connectivity index (χ1v) is 21.8. The number of nitrogens with one attached hydrogen (secondary N) is 1. The molecule has 3 amide bonds. The van der Waals surface area contributed by atoms with Gasteiger partial charge in [0.25, 0.3) is 0 Å². The predicted octanol–water partition coefficient (Wildman–Crippen LogP) is 8.46. The summed E-state index contributed by atoms with van der Waals surface area (Å²) in [5, 5.41) is 2.70. The van der Waals surface area contributed by atoms with Crippen LogP contribution in [-0.4, -0.2) is 110 Å². The van der Waals surface area contributed by atoms with Gasteiger partial charge in [0.2, 0.25) is 5.91 Å². The summed E-state index contributed by atoms with van der Waals surface area (Å²) < 4.78 is 4.26. The van der Waals surface area contributed by atoms with Crippen molar-refractivity contribution in [3.63, 3.8) is 0 Å². The van der Waals surface area contributed by atoms with Crippen molar-refractivity contribution < 1.29 is 9.59 Å². The maximum atomic E-state index is 11.7. The van der Waals surface area contributed by atoms with Crippen molar-refractivity contribution in [1.82, 2.24) is 43.7 Å². The minimum Gasteiger partial charge on any atom is -0.341 e. The lowest BCUT2D eigenvalue weighted by Gasteiger charge is -2.34.